The highest BCUT2D eigenvalue weighted by Gasteiger charge is 2.10. The minimum atomic E-state index is -0.117. The zero-order valence-corrected chi connectivity index (χ0v) is 14.8. The molecule has 0 aliphatic carbocycles. The van der Waals surface area contributed by atoms with Crippen LogP contribution in [0.4, 0.5) is 0 Å². The van der Waals surface area contributed by atoms with Crippen LogP contribution in [0.15, 0.2) is 54.6 Å². The van der Waals surface area contributed by atoms with Gasteiger partial charge >= 0.3 is 0 Å². The summed E-state index contributed by atoms with van der Waals surface area (Å²) in [5, 5.41) is 4.50. The number of nitrogens with one attached hydrogen (secondary N) is 1. The Kier molecular flexibility index (Phi) is 5.28. The summed E-state index contributed by atoms with van der Waals surface area (Å²) in [6.07, 6.45) is 0.713. The monoisotopic (exact) mass is 356 g/mol. The Morgan fingerprint density at radius 3 is 2.71 bits per heavy atom. The summed E-state index contributed by atoms with van der Waals surface area (Å²) in [6.45, 7) is 2.63. The molecule has 1 N–H and O–H groups in total. The normalized spacial score (nSPS) is 10.6. The average molecular weight is 357 g/mol. The number of aryl methyl sites for hydroxylation is 1. The van der Waals surface area contributed by atoms with Gasteiger partial charge in [0.25, 0.3) is 5.91 Å². The highest BCUT2D eigenvalue weighted by atomic mass is 35.5. The Labute approximate surface area is 150 Å². The molecule has 1 aromatic heterocycles. The first-order valence-corrected chi connectivity index (χ1v) is 8.88. The standard InChI is InChI=1S/C19H17ClN2OS/c1-13-18(14-6-3-2-4-7-14)22-17(24-13)10-11-21-19(23)15-8-5-9-16(20)12-15/h2-9,12H,10-11H2,1H3,(H,21,23). The van der Waals surface area contributed by atoms with Gasteiger partial charge in [-0.3, -0.25) is 4.79 Å². The fourth-order valence-corrected chi connectivity index (χ4v) is 3.58. The number of amides is 1. The molecule has 3 rings (SSSR count). The van der Waals surface area contributed by atoms with Gasteiger partial charge < -0.3 is 5.32 Å². The van der Waals surface area contributed by atoms with Gasteiger partial charge in [0, 0.05) is 34.0 Å². The highest BCUT2D eigenvalue weighted by Crippen LogP contribution is 2.27. The molecule has 0 saturated carbocycles. The maximum absolute atomic E-state index is 12.1. The second-order valence-corrected chi connectivity index (χ2v) is 7.12. The first-order valence-electron chi connectivity index (χ1n) is 7.69. The molecule has 1 heterocycles. The van der Waals surface area contributed by atoms with E-state index in [1.807, 2.05) is 18.2 Å². The van der Waals surface area contributed by atoms with Gasteiger partial charge in [0.15, 0.2) is 0 Å². The van der Waals surface area contributed by atoms with Gasteiger partial charge in [-0.25, -0.2) is 4.98 Å². The highest BCUT2D eigenvalue weighted by molar-refractivity contribution is 7.12. The van der Waals surface area contributed by atoms with Gasteiger partial charge in [0.1, 0.15) is 0 Å². The largest absolute Gasteiger partial charge is 0.352 e. The van der Waals surface area contributed by atoms with E-state index < -0.39 is 0 Å². The van der Waals surface area contributed by atoms with E-state index in [1.54, 1.807) is 35.6 Å². The Hall–Kier alpha value is -2.17. The molecule has 0 aliphatic heterocycles. The lowest BCUT2D eigenvalue weighted by Gasteiger charge is -2.04. The predicted octanol–water partition coefficient (Wildman–Crippen LogP) is 4.74. The molecular formula is C19H17ClN2OS. The molecule has 0 spiro atoms. The Morgan fingerprint density at radius 2 is 1.96 bits per heavy atom. The van der Waals surface area contributed by atoms with Gasteiger partial charge in [-0.15, -0.1) is 11.3 Å². The maximum atomic E-state index is 12.1. The van der Waals surface area contributed by atoms with Crippen molar-refractivity contribution in [3.05, 3.63) is 75.1 Å². The maximum Gasteiger partial charge on any atom is 0.251 e. The van der Waals surface area contributed by atoms with Crippen molar-refractivity contribution in [2.45, 2.75) is 13.3 Å². The fraction of sp³-hybridized carbons (Fsp3) is 0.158. The second-order valence-electron chi connectivity index (χ2n) is 5.39. The summed E-state index contributed by atoms with van der Waals surface area (Å²) in [6, 6.07) is 17.1. The number of nitrogens with zero attached hydrogens (tertiary/aromatic N) is 1. The van der Waals surface area contributed by atoms with Gasteiger partial charge in [-0.2, -0.15) is 0 Å². The fourth-order valence-electron chi connectivity index (χ4n) is 2.44. The third-order valence-corrected chi connectivity index (χ3v) is 4.87. The summed E-state index contributed by atoms with van der Waals surface area (Å²) in [5.41, 5.74) is 2.72. The molecule has 2 aromatic carbocycles. The van der Waals surface area contributed by atoms with E-state index in [4.69, 9.17) is 16.6 Å². The number of halogens is 1. The van der Waals surface area contributed by atoms with Crippen LogP contribution in [0.5, 0.6) is 0 Å². The van der Waals surface area contributed by atoms with Crippen LogP contribution in [0, 0.1) is 6.92 Å². The summed E-state index contributed by atoms with van der Waals surface area (Å²) < 4.78 is 0. The van der Waals surface area contributed by atoms with Crippen LogP contribution in [0.1, 0.15) is 20.2 Å². The van der Waals surface area contributed by atoms with Crippen molar-refractivity contribution >= 4 is 28.8 Å². The van der Waals surface area contributed by atoms with Crippen molar-refractivity contribution in [1.82, 2.24) is 10.3 Å². The minimum Gasteiger partial charge on any atom is -0.352 e. The molecule has 0 atom stereocenters. The van der Waals surface area contributed by atoms with Crippen LogP contribution in [0.3, 0.4) is 0 Å². The molecule has 3 aromatic rings. The lowest BCUT2D eigenvalue weighted by atomic mass is 10.1. The predicted molar refractivity (Wildman–Crippen MR) is 99.8 cm³/mol. The van der Waals surface area contributed by atoms with E-state index in [1.165, 1.54) is 4.88 Å². The summed E-state index contributed by atoms with van der Waals surface area (Å²) in [4.78, 5) is 18.0. The van der Waals surface area contributed by atoms with Crippen LogP contribution >= 0.6 is 22.9 Å². The molecule has 0 saturated heterocycles. The van der Waals surface area contributed by atoms with Gasteiger partial charge in [-0.1, -0.05) is 48.0 Å². The van der Waals surface area contributed by atoms with E-state index in [-0.39, 0.29) is 5.91 Å². The molecule has 0 aliphatic rings. The number of carbonyl (C=O) groups is 1. The van der Waals surface area contributed by atoms with Crippen molar-refractivity contribution in [3.63, 3.8) is 0 Å². The topological polar surface area (TPSA) is 42.0 Å². The molecule has 3 nitrogen and oxygen atoms in total. The zero-order chi connectivity index (χ0) is 16.9. The van der Waals surface area contributed by atoms with E-state index >= 15 is 0 Å². The number of carbonyl (C=O) groups excluding carboxylic acids is 1. The average Bonchev–Trinajstić information content (AvgIpc) is 2.96. The Bertz CT molecular complexity index is 846. The molecular weight excluding hydrogens is 340 g/mol. The number of benzene rings is 2. The molecule has 122 valence electrons. The first-order chi connectivity index (χ1) is 11.6. The molecule has 0 bridgehead atoms. The molecule has 0 unspecified atom stereocenters. The smallest absolute Gasteiger partial charge is 0.251 e. The lowest BCUT2D eigenvalue weighted by molar-refractivity contribution is 0.0954. The third kappa shape index (κ3) is 4.02. The Morgan fingerprint density at radius 1 is 1.17 bits per heavy atom. The molecule has 24 heavy (non-hydrogen) atoms. The van der Waals surface area contributed by atoms with Crippen LogP contribution in [-0.4, -0.2) is 17.4 Å². The summed E-state index contributed by atoms with van der Waals surface area (Å²) >= 11 is 7.58. The van der Waals surface area contributed by atoms with E-state index in [0.717, 1.165) is 16.3 Å². The van der Waals surface area contributed by atoms with Gasteiger partial charge in [0.05, 0.1) is 10.7 Å². The minimum absolute atomic E-state index is 0.117. The van der Waals surface area contributed by atoms with Crippen molar-refractivity contribution < 1.29 is 4.79 Å². The van der Waals surface area contributed by atoms with Crippen molar-refractivity contribution in [2.24, 2.45) is 0 Å². The van der Waals surface area contributed by atoms with E-state index in [2.05, 4.69) is 24.4 Å². The lowest BCUT2D eigenvalue weighted by Crippen LogP contribution is -2.25. The van der Waals surface area contributed by atoms with Crippen molar-refractivity contribution in [2.75, 3.05) is 6.54 Å². The summed E-state index contributed by atoms with van der Waals surface area (Å²) in [7, 11) is 0. The van der Waals surface area contributed by atoms with Crippen LogP contribution in [0.2, 0.25) is 5.02 Å². The van der Waals surface area contributed by atoms with Crippen LogP contribution < -0.4 is 5.32 Å². The molecule has 5 heteroatoms. The number of hydrogen-bond acceptors (Lipinski definition) is 3. The SMILES string of the molecule is Cc1sc(CCNC(=O)c2cccc(Cl)c2)nc1-c1ccccc1. The van der Waals surface area contributed by atoms with Crippen molar-refractivity contribution in [3.8, 4) is 11.3 Å². The first kappa shape index (κ1) is 16.7. The molecule has 0 radical (unpaired) electrons. The van der Waals surface area contributed by atoms with Crippen molar-refractivity contribution in [1.29, 1.82) is 0 Å². The number of rotatable bonds is 5. The van der Waals surface area contributed by atoms with Gasteiger partial charge in [0.2, 0.25) is 0 Å². The number of aromatic nitrogens is 1. The summed E-state index contributed by atoms with van der Waals surface area (Å²) in [5.74, 6) is -0.117. The van der Waals surface area contributed by atoms with Crippen LogP contribution in [0.25, 0.3) is 11.3 Å². The van der Waals surface area contributed by atoms with E-state index in [9.17, 15) is 4.79 Å². The van der Waals surface area contributed by atoms with Crippen LogP contribution in [-0.2, 0) is 6.42 Å². The molecule has 1 amide bonds. The quantitative estimate of drug-likeness (QED) is 0.717. The third-order valence-electron chi connectivity index (χ3n) is 3.60. The van der Waals surface area contributed by atoms with Gasteiger partial charge in [-0.05, 0) is 25.1 Å². The number of thiazole rings is 1. The number of hydrogen-bond donors (Lipinski definition) is 1. The Balaban J connectivity index is 1.61. The zero-order valence-electron chi connectivity index (χ0n) is 13.3. The molecule has 0 fully saturated rings. The van der Waals surface area contributed by atoms with E-state index in [0.29, 0.717) is 23.6 Å². The second kappa shape index (κ2) is 7.60.